The fraction of sp³-hybridized carbons (Fsp3) is 0.438. The van der Waals surface area contributed by atoms with Gasteiger partial charge in [-0.15, -0.1) is 0 Å². The Morgan fingerprint density at radius 3 is 3.15 bits per heavy atom. The van der Waals surface area contributed by atoms with Gasteiger partial charge in [-0.3, -0.25) is 4.79 Å². The molecule has 0 fully saturated rings. The topological polar surface area (TPSA) is 41.6 Å². The van der Waals surface area contributed by atoms with Gasteiger partial charge in [0.2, 0.25) is 5.91 Å². The summed E-state index contributed by atoms with van der Waals surface area (Å²) in [5, 5.41) is 3.43. The second kappa shape index (κ2) is 5.57. The third kappa shape index (κ3) is 2.64. The number of fused-ring (bicyclic) bond motifs is 1. The van der Waals surface area contributed by atoms with Crippen LogP contribution in [0.25, 0.3) is 0 Å². The van der Waals surface area contributed by atoms with Crippen molar-refractivity contribution >= 4 is 17.3 Å². The van der Waals surface area contributed by atoms with Crippen molar-refractivity contribution in [1.29, 1.82) is 0 Å². The first-order chi connectivity index (χ1) is 9.74. The summed E-state index contributed by atoms with van der Waals surface area (Å²) in [7, 11) is 0. The number of nitrogens with one attached hydrogen (secondary N) is 1. The minimum Gasteiger partial charge on any atom is -0.497 e. The molecule has 0 spiro atoms. The Morgan fingerprint density at radius 2 is 2.40 bits per heavy atom. The smallest absolute Gasteiger partial charge is 0.223 e. The van der Waals surface area contributed by atoms with Gasteiger partial charge in [0.15, 0.2) is 0 Å². The van der Waals surface area contributed by atoms with E-state index in [0.29, 0.717) is 0 Å². The summed E-state index contributed by atoms with van der Waals surface area (Å²) in [4.78, 5) is 13.4. The van der Waals surface area contributed by atoms with Crippen LogP contribution in [-0.2, 0) is 16.0 Å². The highest BCUT2D eigenvalue weighted by Crippen LogP contribution is 2.30. The molecular weight excluding hydrogens is 252 g/mol. The minimum atomic E-state index is 0.117. The molecule has 0 aliphatic carbocycles. The molecule has 2 aliphatic rings. The third-order valence-corrected chi connectivity index (χ3v) is 3.91. The Hall–Kier alpha value is -1.97. The molecule has 1 unspecified atom stereocenters. The number of benzene rings is 1. The van der Waals surface area contributed by atoms with Crippen LogP contribution in [0.15, 0.2) is 30.5 Å². The van der Waals surface area contributed by atoms with E-state index in [-0.39, 0.29) is 12.0 Å². The summed E-state index contributed by atoms with van der Waals surface area (Å²) in [6, 6.07) is 6.23. The first-order valence-electron chi connectivity index (χ1n) is 7.19. The maximum Gasteiger partial charge on any atom is 0.223 e. The molecule has 20 heavy (non-hydrogen) atoms. The van der Waals surface area contributed by atoms with Gasteiger partial charge in [-0.1, -0.05) is 0 Å². The van der Waals surface area contributed by atoms with E-state index < -0.39 is 0 Å². The minimum absolute atomic E-state index is 0.117. The van der Waals surface area contributed by atoms with Crippen LogP contribution in [0.1, 0.15) is 25.3 Å². The molecule has 0 saturated carbocycles. The summed E-state index contributed by atoms with van der Waals surface area (Å²) < 4.78 is 5.54. The van der Waals surface area contributed by atoms with Crippen molar-refractivity contribution < 1.29 is 9.53 Å². The van der Waals surface area contributed by atoms with Crippen molar-refractivity contribution in [1.82, 2.24) is 0 Å². The first kappa shape index (κ1) is 13.0. The number of rotatable bonds is 3. The fourth-order valence-electron chi connectivity index (χ4n) is 2.81. The van der Waals surface area contributed by atoms with Crippen molar-refractivity contribution in [3.63, 3.8) is 0 Å². The van der Waals surface area contributed by atoms with Crippen molar-refractivity contribution in [3.05, 3.63) is 36.1 Å². The standard InChI is InChI=1S/C16H20N2O2/c1-12(19)18-8-7-13-10-14(5-6-16(13)18)17-11-15-4-2-3-9-20-15/h3,5-6,9-10,15,17H,2,4,7-8,11H2,1H3. The number of amides is 1. The molecule has 0 aromatic heterocycles. The van der Waals surface area contributed by atoms with Crippen LogP contribution >= 0.6 is 0 Å². The van der Waals surface area contributed by atoms with Crippen molar-refractivity contribution in [2.45, 2.75) is 32.3 Å². The lowest BCUT2D eigenvalue weighted by Gasteiger charge is -2.20. The molecule has 2 heterocycles. The van der Waals surface area contributed by atoms with Crippen LogP contribution in [0, 0.1) is 0 Å². The number of anilines is 2. The molecule has 1 N–H and O–H groups in total. The van der Waals surface area contributed by atoms with Gasteiger partial charge in [0.25, 0.3) is 0 Å². The number of carbonyl (C=O) groups is 1. The SMILES string of the molecule is CC(=O)N1CCc2cc(NCC3CCC=CO3)ccc21. The highest BCUT2D eigenvalue weighted by atomic mass is 16.5. The molecule has 1 aromatic rings. The van der Waals surface area contributed by atoms with Gasteiger partial charge < -0.3 is 15.0 Å². The zero-order valence-electron chi connectivity index (χ0n) is 11.8. The summed E-state index contributed by atoms with van der Waals surface area (Å²) in [6.45, 7) is 3.24. The lowest BCUT2D eigenvalue weighted by Crippen LogP contribution is -2.25. The second-order valence-electron chi connectivity index (χ2n) is 5.35. The molecule has 1 atom stereocenters. The van der Waals surface area contributed by atoms with Gasteiger partial charge in [0.05, 0.1) is 12.8 Å². The van der Waals surface area contributed by atoms with Crippen LogP contribution in [0.2, 0.25) is 0 Å². The van der Waals surface area contributed by atoms with Gasteiger partial charge in [0.1, 0.15) is 6.10 Å². The molecule has 4 heteroatoms. The van der Waals surface area contributed by atoms with Crippen molar-refractivity contribution in [2.24, 2.45) is 0 Å². The Balaban J connectivity index is 1.64. The Kier molecular flexibility index (Phi) is 3.63. The maximum atomic E-state index is 11.5. The zero-order chi connectivity index (χ0) is 13.9. The maximum absolute atomic E-state index is 11.5. The summed E-state index contributed by atoms with van der Waals surface area (Å²) in [5.41, 5.74) is 3.40. The number of nitrogens with zero attached hydrogens (tertiary/aromatic N) is 1. The number of hydrogen-bond acceptors (Lipinski definition) is 3. The Bertz CT molecular complexity index is 539. The summed E-state index contributed by atoms with van der Waals surface area (Å²) in [5.74, 6) is 0.117. The fourth-order valence-corrected chi connectivity index (χ4v) is 2.81. The van der Waals surface area contributed by atoms with Crippen molar-refractivity contribution in [2.75, 3.05) is 23.3 Å². The van der Waals surface area contributed by atoms with Crippen LogP contribution in [0.5, 0.6) is 0 Å². The largest absolute Gasteiger partial charge is 0.497 e. The van der Waals surface area contributed by atoms with E-state index in [0.717, 1.165) is 43.7 Å². The molecule has 0 saturated heterocycles. The van der Waals surface area contributed by atoms with Gasteiger partial charge in [0, 0.05) is 24.8 Å². The predicted molar refractivity (Wildman–Crippen MR) is 79.9 cm³/mol. The zero-order valence-corrected chi connectivity index (χ0v) is 11.8. The third-order valence-electron chi connectivity index (χ3n) is 3.91. The van der Waals surface area contributed by atoms with Crippen LogP contribution < -0.4 is 10.2 Å². The first-order valence-corrected chi connectivity index (χ1v) is 7.19. The monoisotopic (exact) mass is 272 g/mol. The van der Waals surface area contributed by atoms with Gasteiger partial charge in [-0.2, -0.15) is 0 Å². The van der Waals surface area contributed by atoms with Gasteiger partial charge >= 0.3 is 0 Å². The Labute approximate surface area is 119 Å². The molecule has 4 nitrogen and oxygen atoms in total. The van der Waals surface area contributed by atoms with E-state index in [1.165, 1.54) is 5.56 Å². The van der Waals surface area contributed by atoms with Crippen molar-refractivity contribution in [3.8, 4) is 0 Å². The molecule has 2 aliphatic heterocycles. The van der Waals surface area contributed by atoms with Gasteiger partial charge in [-0.05, 0) is 49.1 Å². The number of ether oxygens (including phenoxy) is 1. The molecule has 0 radical (unpaired) electrons. The molecular formula is C16H20N2O2. The normalized spacial score (nSPS) is 20.4. The van der Waals surface area contributed by atoms with E-state index in [9.17, 15) is 4.79 Å². The lowest BCUT2D eigenvalue weighted by atomic mass is 10.1. The summed E-state index contributed by atoms with van der Waals surface area (Å²) in [6.07, 6.45) is 7.19. The van der Waals surface area contributed by atoms with Crippen LogP contribution in [0.4, 0.5) is 11.4 Å². The van der Waals surface area contributed by atoms with Crippen LogP contribution in [-0.4, -0.2) is 25.1 Å². The highest BCUT2D eigenvalue weighted by Gasteiger charge is 2.22. The molecule has 1 amide bonds. The molecule has 3 rings (SSSR count). The van der Waals surface area contributed by atoms with Crippen LogP contribution in [0.3, 0.4) is 0 Å². The Morgan fingerprint density at radius 1 is 1.50 bits per heavy atom. The van der Waals surface area contributed by atoms with E-state index in [4.69, 9.17) is 4.74 Å². The highest BCUT2D eigenvalue weighted by molar-refractivity contribution is 5.94. The number of allylic oxidation sites excluding steroid dienone is 1. The average molecular weight is 272 g/mol. The van der Waals surface area contributed by atoms with E-state index >= 15 is 0 Å². The summed E-state index contributed by atoms with van der Waals surface area (Å²) >= 11 is 0. The number of carbonyl (C=O) groups excluding carboxylic acids is 1. The van der Waals surface area contributed by atoms with E-state index in [2.05, 4.69) is 17.5 Å². The van der Waals surface area contributed by atoms with Gasteiger partial charge in [-0.25, -0.2) is 0 Å². The average Bonchev–Trinajstić information content (AvgIpc) is 2.89. The molecule has 0 bridgehead atoms. The van der Waals surface area contributed by atoms with E-state index in [1.54, 1.807) is 13.2 Å². The molecule has 106 valence electrons. The second-order valence-corrected chi connectivity index (χ2v) is 5.35. The number of hydrogen-bond donors (Lipinski definition) is 1. The lowest BCUT2D eigenvalue weighted by molar-refractivity contribution is -0.116. The molecule has 1 aromatic carbocycles. The van der Waals surface area contributed by atoms with E-state index in [1.807, 2.05) is 17.0 Å². The quantitative estimate of drug-likeness (QED) is 0.920. The predicted octanol–water partition coefficient (Wildman–Crippen LogP) is 2.70.